The number of hydrogen-bond donors (Lipinski definition) is 1. The molecule has 0 radical (unpaired) electrons. The van der Waals surface area contributed by atoms with Crippen LogP contribution >= 0.6 is 11.3 Å². The maximum absolute atomic E-state index is 11.0. The van der Waals surface area contributed by atoms with Crippen LogP contribution in [0.4, 0.5) is 16.5 Å². The van der Waals surface area contributed by atoms with Gasteiger partial charge in [-0.3, -0.25) is 10.1 Å². The number of quaternary nitrogens is 1. The van der Waals surface area contributed by atoms with E-state index in [2.05, 4.69) is 0 Å². The number of nitro groups is 1. The first-order valence-corrected chi connectivity index (χ1v) is 9.69. The second kappa shape index (κ2) is 6.97. The molecule has 142 valence electrons. The Hall–Kier alpha value is -3.82. The number of non-ortho nitro benzene ring substituents is 1. The highest BCUT2D eigenvalue weighted by atomic mass is 32.1. The van der Waals surface area contributed by atoms with Gasteiger partial charge in [-0.15, -0.1) is 5.12 Å². The summed E-state index contributed by atoms with van der Waals surface area (Å²) in [6, 6.07) is 24.1. The molecule has 0 spiro atoms. The highest BCUT2D eigenvalue weighted by molar-refractivity contribution is 7.22. The molecule has 0 saturated carbocycles. The number of para-hydroxylation sites is 1. The summed E-state index contributed by atoms with van der Waals surface area (Å²) in [4.78, 5) is 15.3. The summed E-state index contributed by atoms with van der Waals surface area (Å²) in [6.45, 7) is 0. The molecule has 1 aromatic heterocycles. The molecule has 4 aromatic rings. The Kier molecular flexibility index (Phi) is 4.15. The summed E-state index contributed by atoms with van der Waals surface area (Å²) in [6.07, 6.45) is 0. The van der Waals surface area contributed by atoms with Crippen LogP contribution in [0.3, 0.4) is 0 Å². The lowest BCUT2D eigenvalue weighted by atomic mass is 10.2. The first kappa shape index (κ1) is 17.3. The summed E-state index contributed by atoms with van der Waals surface area (Å²) in [7, 11) is 0. The molecule has 0 unspecified atom stereocenters. The van der Waals surface area contributed by atoms with E-state index >= 15 is 0 Å². The van der Waals surface area contributed by atoms with E-state index in [4.69, 9.17) is 10.1 Å². The number of nitro benzene ring substituents is 1. The number of nitrogens with zero attached hydrogens (tertiary/aromatic N) is 5. The van der Waals surface area contributed by atoms with E-state index in [9.17, 15) is 10.1 Å². The van der Waals surface area contributed by atoms with Crippen molar-refractivity contribution in [1.82, 2.24) is 4.98 Å². The standard InChI is InChI=1S/C20H14N6O2S/c27-26(28)16-12-10-15(11-13-16)24-22-19(14-6-2-1-3-7-14)23-25(24)20-21-17-8-4-5-9-18(17)29-20/h1-13H,(H,22,23)/p+1. The highest BCUT2D eigenvalue weighted by Gasteiger charge is 2.33. The zero-order valence-electron chi connectivity index (χ0n) is 15.0. The molecular weight excluding hydrogens is 388 g/mol. The third-order valence-corrected chi connectivity index (χ3v) is 5.52. The van der Waals surface area contributed by atoms with Crippen LogP contribution in [0.2, 0.25) is 0 Å². The number of thiazole rings is 1. The number of aromatic nitrogens is 1. The number of benzene rings is 3. The minimum absolute atomic E-state index is 0.0377. The van der Waals surface area contributed by atoms with Gasteiger partial charge in [-0.1, -0.05) is 51.9 Å². The SMILES string of the molecule is O=[N+]([O-])c1ccc(N2N=C(c3ccccc3)[NH2+]N2c2nc3ccccc3s2)cc1. The van der Waals surface area contributed by atoms with Gasteiger partial charge in [-0.05, 0) is 36.4 Å². The molecule has 8 nitrogen and oxygen atoms in total. The van der Waals surface area contributed by atoms with Gasteiger partial charge in [0.1, 0.15) is 0 Å². The summed E-state index contributed by atoms with van der Waals surface area (Å²) < 4.78 is 1.08. The zero-order chi connectivity index (χ0) is 19.8. The number of fused-ring (bicyclic) bond motifs is 1. The molecular formula is C20H15N6O2S+. The molecule has 0 saturated heterocycles. The monoisotopic (exact) mass is 403 g/mol. The Bertz CT molecular complexity index is 1190. The zero-order valence-corrected chi connectivity index (χ0v) is 15.9. The van der Waals surface area contributed by atoms with Crippen molar-refractivity contribution in [1.29, 1.82) is 0 Å². The van der Waals surface area contributed by atoms with Crippen LogP contribution in [-0.2, 0) is 0 Å². The Morgan fingerprint density at radius 2 is 1.66 bits per heavy atom. The van der Waals surface area contributed by atoms with E-state index in [1.54, 1.807) is 28.6 Å². The Labute approximate surface area is 169 Å². The van der Waals surface area contributed by atoms with Crippen molar-refractivity contribution in [3.63, 3.8) is 0 Å². The van der Waals surface area contributed by atoms with Crippen LogP contribution in [0.1, 0.15) is 5.56 Å². The van der Waals surface area contributed by atoms with Crippen LogP contribution in [0.15, 0.2) is 84.0 Å². The van der Waals surface area contributed by atoms with Gasteiger partial charge in [0, 0.05) is 12.1 Å². The molecule has 0 aliphatic carbocycles. The number of rotatable bonds is 4. The first-order valence-electron chi connectivity index (χ1n) is 8.87. The minimum atomic E-state index is -0.413. The maximum Gasteiger partial charge on any atom is 0.277 e. The molecule has 0 amide bonds. The first-order chi connectivity index (χ1) is 14.2. The van der Waals surface area contributed by atoms with E-state index in [1.165, 1.54) is 12.1 Å². The molecule has 2 heterocycles. The third-order valence-electron chi connectivity index (χ3n) is 4.49. The quantitative estimate of drug-likeness (QED) is 0.321. The van der Waals surface area contributed by atoms with Gasteiger partial charge >= 0.3 is 0 Å². The largest absolute Gasteiger partial charge is 0.277 e. The minimum Gasteiger partial charge on any atom is -0.258 e. The predicted molar refractivity (Wildman–Crippen MR) is 113 cm³/mol. The van der Waals surface area contributed by atoms with Crippen LogP contribution in [0, 0.1) is 10.1 Å². The summed E-state index contributed by atoms with van der Waals surface area (Å²) in [5.74, 6) is 0.781. The Morgan fingerprint density at radius 1 is 0.931 bits per heavy atom. The number of amidine groups is 1. The second-order valence-corrected chi connectivity index (χ2v) is 7.36. The lowest BCUT2D eigenvalue weighted by Gasteiger charge is -2.20. The molecule has 1 aliphatic heterocycles. The van der Waals surface area contributed by atoms with Gasteiger partial charge in [0.05, 0.1) is 26.4 Å². The number of nitrogens with two attached hydrogens (primary N) is 1. The topological polar surface area (TPSA) is 91.5 Å². The molecule has 0 atom stereocenters. The third kappa shape index (κ3) is 3.18. The van der Waals surface area contributed by atoms with Gasteiger partial charge in [-0.2, -0.15) is 5.43 Å². The van der Waals surface area contributed by atoms with Gasteiger partial charge in [-0.25, -0.2) is 4.98 Å². The van der Waals surface area contributed by atoms with E-state index in [-0.39, 0.29) is 5.69 Å². The molecule has 5 rings (SSSR count). The number of hydrazone groups is 1. The van der Waals surface area contributed by atoms with Crippen molar-refractivity contribution in [3.8, 4) is 0 Å². The lowest BCUT2D eigenvalue weighted by molar-refractivity contribution is -0.545. The maximum atomic E-state index is 11.0. The average molecular weight is 403 g/mol. The fraction of sp³-hybridized carbons (Fsp3) is 0. The van der Waals surface area contributed by atoms with Crippen molar-refractivity contribution in [2.24, 2.45) is 5.10 Å². The fourth-order valence-electron chi connectivity index (χ4n) is 3.07. The molecule has 3 aromatic carbocycles. The van der Waals surface area contributed by atoms with E-state index in [0.717, 1.165) is 26.7 Å². The Morgan fingerprint density at radius 3 is 2.38 bits per heavy atom. The second-order valence-electron chi connectivity index (χ2n) is 6.35. The van der Waals surface area contributed by atoms with Gasteiger partial charge in [0.2, 0.25) is 0 Å². The number of hydrogen-bond acceptors (Lipinski definition) is 7. The normalized spacial score (nSPS) is 13.7. The molecule has 9 heteroatoms. The smallest absolute Gasteiger partial charge is 0.258 e. The van der Waals surface area contributed by atoms with Crippen LogP contribution in [0.5, 0.6) is 0 Å². The van der Waals surface area contributed by atoms with Crippen LogP contribution < -0.4 is 15.7 Å². The van der Waals surface area contributed by atoms with Crippen LogP contribution in [0.25, 0.3) is 10.2 Å². The van der Waals surface area contributed by atoms with Crippen LogP contribution in [-0.4, -0.2) is 15.7 Å². The van der Waals surface area contributed by atoms with Crippen molar-refractivity contribution >= 4 is 43.9 Å². The predicted octanol–water partition coefficient (Wildman–Crippen LogP) is 3.29. The lowest BCUT2D eigenvalue weighted by Crippen LogP contribution is -2.96. The van der Waals surface area contributed by atoms with Gasteiger partial charge < -0.3 is 0 Å². The van der Waals surface area contributed by atoms with Gasteiger partial charge in [0.15, 0.2) is 0 Å². The van der Waals surface area contributed by atoms with Gasteiger partial charge in [0.25, 0.3) is 16.7 Å². The molecule has 2 N–H and O–H groups in total. The summed E-state index contributed by atoms with van der Waals surface area (Å²) >= 11 is 1.56. The van der Waals surface area contributed by atoms with E-state index < -0.39 is 4.92 Å². The number of anilines is 2. The van der Waals surface area contributed by atoms with Crippen molar-refractivity contribution in [2.45, 2.75) is 0 Å². The molecule has 0 fully saturated rings. The summed E-state index contributed by atoms with van der Waals surface area (Å²) in [5, 5.41) is 20.1. The Balaban J connectivity index is 1.57. The number of hydrazine groups is 1. The average Bonchev–Trinajstić information content (AvgIpc) is 3.39. The van der Waals surface area contributed by atoms with Crippen molar-refractivity contribution < 1.29 is 10.3 Å². The van der Waals surface area contributed by atoms with E-state index in [0.29, 0.717) is 5.69 Å². The summed E-state index contributed by atoms with van der Waals surface area (Å²) in [5.41, 5.74) is 4.56. The van der Waals surface area contributed by atoms with E-state index in [1.807, 2.05) is 65.1 Å². The molecule has 29 heavy (non-hydrogen) atoms. The molecule has 0 bridgehead atoms. The fourth-order valence-corrected chi connectivity index (χ4v) is 4.00. The van der Waals surface area contributed by atoms with Crippen molar-refractivity contribution in [2.75, 3.05) is 10.2 Å². The highest BCUT2D eigenvalue weighted by Crippen LogP contribution is 2.31. The molecule has 1 aliphatic rings. The van der Waals surface area contributed by atoms with Crippen molar-refractivity contribution in [3.05, 3.63) is 94.5 Å².